The molecule has 78 heavy (non-hydrogen) atoms. The van der Waals surface area contributed by atoms with E-state index in [1.165, 1.54) is 37.9 Å². The van der Waals surface area contributed by atoms with Crippen LogP contribution < -0.4 is 26.4 Å². The zero-order chi connectivity index (χ0) is 56.6. The number of benzene rings is 9. The molecule has 23 heteroatoms. The van der Waals surface area contributed by atoms with Crippen LogP contribution in [0.1, 0.15) is 10.4 Å². The molecule has 0 unspecified atom stereocenters. The fourth-order valence-corrected chi connectivity index (χ4v) is 9.55. The first-order valence-electron chi connectivity index (χ1n) is 22.1. The highest BCUT2D eigenvalue weighted by atomic mass is 19.2. The number of halogens is 20. The van der Waals surface area contributed by atoms with Gasteiger partial charge in [-0.1, -0.05) is 78.9 Å². The third-order valence-corrected chi connectivity index (χ3v) is 13.0. The van der Waals surface area contributed by atoms with Crippen molar-refractivity contribution >= 4 is 66.1 Å². The average molecular weight is 1100 g/mol. The molecule has 0 aliphatic heterocycles. The first kappa shape index (κ1) is 54.0. The van der Waals surface area contributed by atoms with Gasteiger partial charge in [0, 0.05) is 17.7 Å². The van der Waals surface area contributed by atoms with Gasteiger partial charge in [-0.05, 0) is 61.6 Å². The second-order valence-electron chi connectivity index (χ2n) is 17.2. The van der Waals surface area contributed by atoms with E-state index < -0.39 is 144 Å². The first-order valence-corrected chi connectivity index (χ1v) is 22.1. The number of nitrogens with zero attached hydrogens (tertiary/aromatic N) is 1. The minimum absolute atomic E-state index is 0.107. The molecular weight excluding hydrogens is 1080 g/mol. The topological polar surface area (TPSA) is 20.9 Å². The van der Waals surface area contributed by atoms with Crippen LogP contribution >= 0.6 is 0 Å². The van der Waals surface area contributed by atoms with Crippen LogP contribution in [-0.4, -0.2) is 11.9 Å². The Labute approximate surface area is 423 Å². The summed E-state index contributed by atoms with van der Waals surface area (Å²) < 4.78 is 296. The Morgan fingerprint density at radius 1 is 0.321 bits per heavy atom. The summed E-state index contributed by atoms with van der Waals surface area (Å²) >= 11 is 0. The number of aromatic nitrogens is 1. The van der Waals surface area contributed by atoms with Crippen molar-refractivity contribution in [3.8, 4) is 11.1 Å². The summed E-state index contributed by atoms with van der Waals surface area (Å²) in [4.78, 5) is 12.6. The summed E-state index contributed by atoms with van der Waals surface area (Å²) in [5, 5.41) is 7.42. The fraction of sp³-hybridized carbons (Fsp3) is 0.0182. The van der Waals surface area contributed by atoms with Crippen LogP contribution in [0.2, 0.25) is 0 Å². The molecule has 0 fully saturated rings. The van der Waals surface area contributed by atoms with Gasteiger partial charge >= 0.3 is 0 Å². The van der Waals surface area contributed by atoms with Crippen molar-refractivity contribution in [1.29, 1.82) is 0 Å². The summed E-state index contributed by atoms with van der Waals surface area (Å²) in [6.07, 6.45) is -3.21. The van der Waals surface area contributed by atoms with E-state index in [1.807, 2.05) is 47.3 Å². The molecule has 0 atom stereocenters. The summed E-state index contributed by atoms with van der Waals surface area (Å²) in [5.74, 6) is -71.3. The second-order valence-corrected chi connectivity index (χ2v) is 17.2. The Morgan fingerprint density at radius 2 is 0.628 bits per heavy atom. The molecule has 0 N–H and O–H groups in total. The molecule has 0 radical (unpaired) electrons. The molecule has 0 aliphatic rings. The lowest BCUT2D eigenvalue weighted by Crippen LogP contribution is -2.81. The van der Waals surface area contributed by atoms with Gasteiger partial charge in [0.15, 0.2) is 82.2 Å². The van der Waals surface area contributed by atoms with Crippen LogP contribution in [0.5, 0.6) is 0 Å². The van der Waals surface area contributed by atoms with Crippen LogP contribution in [0.25, 0.3) is 43.4 Å². The largest absolute Gasteiger partial charge is 0.287 e. The minimum Gasteiger partial charge on any atom is -0.287 e. The standard InChI is InChI=1S/C31H22NO.C24BF20/c33-30(22-8-2-1-3-9-22)21-32-16-14-23(15-17-32)31-28-13-7-6-12-26(28)19-27-18-24-10-4-5-11-25(24)20-29(27)31;26-5-1(6(27)14(35)21(42)13(5)34)25(2-7(28)15(36)22(43)16(37)8(2)29,3-9(30)17(38)23(44)18(39)10(3)31)4-11(32)19(40)24(45)20(41)12(4)33/h1-20H,21H2;/q+1;-1. The van der Waals surface area contributed by atoms with E-state index in [4.69, 9.17) is 0 Å². The zero-order valence-electron chi connectivity index (χ0n) is 38.2. The summed E-state index contributed by atoms with van der Waals surface area (Å²) in [6.45, 7) is 0.325. The number of fused-ring (bicyclic) bond motifs is 3. The lowest BCUT2D eigenvalue weighted by atomic mass is 9.12. The fourth-order valence-electron chi connectivity index (χ4n) is 9.55. The highest BCUT2D eigenvalue weighted by molar-refractivity contribution is 7.20. The van der Waals surface area contributed by atoms with Gasteiger partial charge in [0.1, 0.15) is 52.7 Å². The molecule has 0 aliphatic carbocycles. The predicted octanol–water partition coefficient (Wildman–Crippen LogP) is 12.8. The molecule has 0 amide bonds. The molecule has 1 heterocycles. The molecule has 0 saturated carbocycles. The van der Waals surface area contributed by atoms with Crippen molar-refractivity contribution in [3.05, 3.63) is 243 Å². The number of ketones is 1. The van der Waals surface area contributed by atoms with Crippen LogP contribution in [0.15, 0.2) is 122 Å². The van der Waals surface area contributed by atoms with Gasteiger partial charge in [0.05, 0.1) is 0 Å². The van der Waals surface area contributed by atoms with Gasteiger partial charge in [0.25, 0.3) is 0 Å². The SMILES string of the molecule is Fc1c(F)c(F)c([B-](c2c(F)c(F)c(F)c(F)c2F)(c2c(F)c(F)c(F)c(F)c2F)c2c(F)c(F)c(F)c(F)c2F)c(F)c1F.O=C(C[n+]1ccc(-c2c3ccccc3cc3cc4ccccc4cc23)cc1)c1ccccc1. The molecular formula is C55H22BF20NO. The predicted molar refractivity (Wildman–Crippen MR) is 245 cm³/mol. The van der Waals surface area contributed by atoms with Crippen LogP contribution in [0.3, 0.4) is 0 Å². The average Bonchev–Trinajstić information content (AvgIpc) is 3.60. The maximum atomic E-state index is 15.4. The highest BCUT2D eigenvalue weighted by Gasteiger charge is 2.52. The van der Waals surface area contributed by atoms with E-state index in [0.29, 0.717) is 6.54 Å². The van der Waals surface area contributed by atoms with Crippen molar-refractivity contribution < 1.29 is 97.2 Å². The third kappa shape index (κ3) is 8.42. The Bertz CT molecular complexity index is 3750. The normalized spacial score (nSPS) is 11.7. The van der Waals surface area contributed by atoms with Crippen molar-refractivity contribution in [2.75, 3.05) is 0 Å². The zero-order valence-corrected chi connectivity index (χ0v) is 38.2. The lowest BCUT2D eigenvalue weighted by molar-refractivity contribution is -0.683. The molecule has 9 aromatic carbocycles. The van der Waals surface area contributed by atoms with Gasteiger partial charge in [-0.3, -0.25) is 4.79 Å². The van der Waals surface area contributed by atoms with Gasteiger partial charge in [0.2, 0.25) is 12.3 Å². The molecule has 2 nitrogen and oxygen atoms in total. The Balaban J connectivity index is 0.000000198. The van der Waals surface area contributed by atoms with Gasteiger partial charge in [-0.25, -0.2) is 87.8 Å². The van der Waals surface area contributed by atoms with Crippen LogP contribution in [0, 0.1) is 116 Å². The van der Waals surface area contributed by atoms with Crippen molar-refractivity contribution in [1.82, 2.24) is 0 Å². The van der Waals surface area contributed by atoms with Crippen molar-refractivity contribution in [2.45, 2.75) is 6.54 Å². The van der Waals surface area contributed by atoms with Crippen molar-refractivity contribution in [2.24, 2.45) is 0 Å². The summed E-state index contributed by atoms with van der Waals surface area (Å²) in [6, 6.07) is 37.6. The number of Topliss-reactive ketones (excluding diaryl/α,β-unsaturated/α-hetero) is 1. The van der Waals surface area contributed by atoms with E-state index in [-0.39, 0.29) is 5.78 Å². The number of pyridine rings is 1. The van der Waals surface area contributed by atoms with E-state index >= 15 is 35.1 Å². The molecule has 0 bridgehead atoms. The van der Waals surface area contributed by atoms with E-state index in [9.17, 15) is 57.5 Å². The number of hydrogen-bond donors (Lipinski definition) is 0. The molecule has 10 rings (SSSR count). The first-order chi connectivity index (χ1) is 37.0. The van der Waals surface area contributed by atoms with E-state index in [2.05, 4.69) is 78.9 Å². The smallest absolute Gasteiger partial charge is 0.227 e. The number of carbonyl (C=O) groups excluding carboxylic acids is 1. The summed E-state index contributed by atoms with van der Waals surface area (Å²) in [5.41, 5.74) is -11.2. The summed E-state index contributed by atoms with van der Waals surface area (Å²) in [7, 11) is 0. The maximum absolute atomic E-state index is 15.4. The number of carbonyl (C=O) groups is 1. The molecule has 1 aromatic heterocycles. The Kier molecular flexibility index (Phi) is 14.1. The Morgan fingerprint density at radius 3 is 1.01 bits per heavy atom. The quantitative estimate of drug-likeness (QED) is 0.0283. The molecule has 10 aromatic rings. The number of rotatable bonds is 8. The van der Waals surface area contributed by atoms with Gasteiger partial charge in [-0.15, -0.1) is 21.9 Å². The maximum Gasteiger partial charge on any atom is 0.227 e. The molecule has 0 spiro atoms. The van der Waals surface area contributed by atoms with E-state index in [1.54, 1.807) is 0 Å². The second kappa shape index (κ2) is 20.3. The monoisotopic (exact) mass is 1100 g/mol. The highest BCUT2D eigenvalue weighted by Crippen LogP contribution is 2.38. The number of hydrogen-bond acceptors (Lipinski definition) is 1. The lowest BCUT2D eigenvalue weighted by Gasteiger charge is -2.44. The van der Waals surface area contributed by atoms with Gasteiger partial charge < -0.3 is 0 Å². The van der Waals surface area contributed by atoms with Crippen LogP contribution in [0.4, 0.5) is 87.8 Å². The van der Waals surface area contributed by atoms with Crippen LogP contribution in [-0.2, 0) is 6.54 Å². The van der Waals surface area contributed by atoms with Gasteiger partial charge in [-0.2, -0.15) is 4.57 Å². The Hall–Kier alpha value is -8.76. The molecule has 396 valence electrons. The van der Waals surface area contributed by atoms with Crippen molar-refractivity contribution in [3.63, 3.8) is 0 Å². The third-order valence-electron chi connectivity index (χ3n) is 13.0. The minimum atomic E-state index is -7.22. The van der Waals surface area contributed by atoms with E-state index in [0.717, 1.165) is 11.1 Å². The molecule has 0 saturated heterocycles.